The fraction of sp³-hybridized carbons (Fsp3) is 0.444. The smallest absolute Gasteiger partial charge is 0.408 e. The Balaban J connectivity index is 1.46. The van der Waals surface area contributed by atoms with Crippen LogP contribution in [0.5, 0.6) is 0 Å². The number of hydrogen-bond donors (Lipinski definition) is 2. The van der Waals surface area contributed by atoms with Gasteiger partial charge < -0.3 is 24.8 Å². The molecular formula is C27H32N2O6. The number of methoxy groups -OCH3 is 1. The lowest BCUT2D eigenvalue weighted by atomic mass is 9.81. The van der Waals surface area contributed by atoms with Gasteiger partial charge in [0.05, 0.1) is 12.0 Å². The summed E-state index contributed by atoms with van der Waals surface area (Å²) in [4.78, 5) is 39.6. The molecule has 1 aliphatic heterocycles. The van der Waals surface area contributed by atoms with Crippen LogP contribution in [0.1, 0.15) is 37.8 Å². The lowest BCUT2D eigenvalue weighted by molar-refractivity contribution is -0.149. The van der Waals surface area contributed by atoms with E-state index >= 15 is 0 Å². The van der Waals surface area contributed by atoms with Gasteiger partial charge in [-0.2, -0.15) is 0 Å². The molecule has 2 amide bonds. The van der Waals surface area contributed by atoms with Crippen LogP contribution in [0, 0.1) is 11.3 Å². The third-order valence-corrected chi connectivity index (χ3v) is 7.50. The molecule has 0 saturated carbocycles. The van der Waals surface area contributed by atoms with E-state index in [1.165, 1.54) is 12.0 Å². The molecule has 2 aromatic carbocycles. The second kappa shape index (κ2) is 9.34. The summed E-state index contributed by atoms with van der Waals surface area (Å²) < 4.78 is 10.9. The molecule has 1 saturated heterocycles. The number of rotatable bonds is 7. The van der Waals surface area contributed by atoms with E-state index in [4.69, 9.17) is 9.47 Å². The van der Waals surface area contributed by atoms with Gasteiger partial charge in [-0.15, -0.1) is 0 Å². The average molecular weight is 481 g/mol. The minimum Gasteiger partial charge on any atom is -0.481 e. The largest absolute Gasteiger partial charge is 0.481 e. The van der Waals surface area contributed by atoms with Crippen molar-refractivity contribution in [1.29, 1.82) is 0 Å². The Kier molecular flexibility index (Phi) is 6.60. The molecule has 8 nitrogen and oxygen atoms in total. The van der Waals surface area contributed by atoms with Crippen molar-refractivity contribution in [2.24, 2.45) is 11.3 Å². The number of fused-ring (bicyclic) bond motifs is 3. The van der Waals surface area contributed by atoms with Gasteiger partial charge in [0.1, 0.15) is 12.1 Å². The van der Waals surface area contributed by atoms with Gasteiger partial charge in [-0.25, -0.2) is 4.79 Å². The summed E-state index contributed by atoms with van der Waals surface area (Å²) in [6, 6.07) is 16.1. The van der Waals surface area contributed by atoms with E-state index < -0.39 is 28.9 Å². The maximum Gasteiger partial charge on any atom is 0.408 e. The molecule has 0 spiro atoms. The summed E-state index contributed by atoms with van der Waals surface area (Å²) in [6.07, 6.45) is -0.729. The summed E-state index contributed by atoms with van der Waals surface area (Å²) in [5, 5.41) is 12.3. The third kappa shape index (κ3) is 4.38. The van der Waals surface area contributed by atoms with Gasteiger partial charge in [0.25, 0.3) is 5.91 Å². The second-order valence-electron chi connectivity index (χ2n) is 10.0. The van der Waals surface area contributed by atoms with E-state index in [-0.39, 0.29) is 38.1 Å². The number of benzene rings is 2. The number of alkyl carbamates (subject to hydrolysis) is 1. The zero-order chi connectivity index (χ0) is 25.4. The Hall–Kier alpha value is -3.39. The lowest BCUT2D eigenvalue weighted by Crippen LogP contribution is -2.60. The molecule has 2 N–H and O–H groups in total. The molecular weight excluding hydrogens is 448 g/mol. The maximum atomic E-state index is 13.4. The Morgan fingerprint density at radius 1 is 1.11 bits per heavy atom. The van der Waals surface area contributed by atoms with Crippen molar-refractivity contribution in [3.05, 3.63) is 59.7 Å². The SMILES string of the molecule is COCC(C)(NC(=O)OCC1c2ccccc2-c2ccccc21)C(=O)N1CC(C)C(C)(C(=O)O)C1. The van der Waals surface area contributed by atoms with E-state index in [0.29, 0.717) is 0 Å². The summed E-state index contributed by atoms with van der Waals surface area (Å²) in [5.41, 5.74) is 1.99. The highest BCUT2D eigenvalue weighted by Gasteiger charge is 2.51. The fourth-order valence-electron chi connectivity index (χ4n) is 5.23. The first kappa shape index (κ1) is 24.7. The zero-order valence-electron chi connectivity index (χ0n) is 20.5. The summed E-state index contributed by atoms with van der Waals surface area (Å²) >= 11 is 0. The molecule has 1 fully saturated rings. The van der Waals surface area contributed by atoms with E-state index in [0.717, 1.165) is 22.3 Å². The number of aliphatic carboxylic acids is 1. The molecule has 8 heteroatoms. The number of ether oxygens (including phenoxy) is 2. The number of nitrogens with one attached hydrogen (secondary N) is 1. The minimum atomic E-state index is -1.40. The van der Waals surface area contributed by atoms with Crippen molar-refractivity contribution in [1.82, 2.24) is 10.2 Å². The van der Waals surface area contributed by atoms with Crippen LogP contribution in [-0.2, 0) is 19.1 Å². The number of likely N-dealkylation sites (tertiary alicyclic amines) is 1. The summed E-state index contributed by atoms with van der Waals surface area (Å²) in [5.74, 6) is -1.68. The van der Waals surface area contributed by atoms with Gasteiger partial charge >= 0.3 is 12.1 Å². The Morgan fingerprint density at radius 3 is 2.20 bits per heavy atom. The van der Waals surface area contributed by atoms with Crippen molar-refractivity contribution in [3.8, 4) is 11.1 Å². The zero-order valence-corrected chi connectivity index (χ0v) is 20.5. The molecule has 0 radical (unpaired) electrons. The predicted molar refractivity (Wildman–Crippen MR) is 130 cm³/mol. The number of carboxylic acids is 1. The number of amides is 2. The van der Waals surface area contributed by atoms with E-state index in [1.54, 1.807) is 13.8 Å². The topological polar surface area (TPSA) is 105 Å². The van der Waals surface area contributed by atoms with Gasteiger partial charge in [0.2, 0.25) is 0 Å². The monoisotopic (exact) mass is 480 g/mol. The number of nitrogens with zero attached hydrogens (tertiary/aromatic N) is 1. The number of hydrogen-bond acceptors (Lipinski definition) is 5. The molecule has 2 aliphatic rings. The Labute approximate surface area is 205 Å². The highest BCUT2D eigenvalue weighted by Crippen LogP contribution is 2.44. The first-order valence-corrected chi connectivity index (χ1v) is 11.8. The van der Waals surface area contributed by atoms with Gasteiger partial charge in [-0.1, -0.05) is 55.5 Å². The van der Waals surface area contributed by atoms with Crippen molar-refractivity contribution in [2.45, 2.75) is 32.2 Å². The second-order valence-corrected chi connectivity index (χ2v) is 10.0. The van der Waals surface area contributed by atoms with Crippen LogP contribution in [0.4, 0.5) is 4.79 Å². The lowest BCUT2D eigenvalue weighted by Gasteiger charge is -2.33. The molecule has 4 rings (SSSR count). The van der Waals surface area contributed by atoms with Gasteiger partial charge in [-0.05, 0) is 42.0 Å². The highest BCUT2D eigenvalue weighted by atomic mass is 16.5. The van der Waals surface area contributed by atoms with Crippen LogP contribution < -0.4 is 5.32 Å². The van der Waals surface area contributed by atoms with Crippen LogP contribution in [0.3, 0.4) is 0 Å². The van der Waals surface area contributed by atoms with Crippen LogP contribution in [0.2, 0.25) is 0 Å². The molecule has 186 valence electrons. The number of carboxylic acid groups (broad SMARTS) is 1. The maximum absolute atomic E-state index is 13.4. The number of carbonyl (C=O) groups is 3. The predicted octanol–water partition coefficient (Wildman–Crippen LogP) is 3.50. The molecule has 3 unspecified atom stereocenters. The molecule has 0 bridgehead atoms. The van der Waals surface area contributed by atoms with Gasteiger partial charge in [0, 0.05) is 26.1 Å². The third-order valence-electron chi connectivity index (χ3n) is 7.50. The summed E-state index contributed by atoms with van der Waals surface area (Å²) in [6.45, 7) is 5.41. The normalized spacial score (nSPS) is 22.7. The molecule has 3 atom stereocenters. The molecule has 1 heterocycles. The molecule has 1 aliphatic carbocycles. The molecule has 2 aromatic rings. The first-order chi connectivity index (χ1) is 16.6. The Morgan fingerprint density at radius 2 is 1.69 bits per heavy atom. The Bertz CT molecular complexity index is 1100. The van der Waals surface area contributed by atoms with Crippen LogP contribution in [0.25, 0.3) is 11.1 Å². The van der Waals surface area contributed by atoms with Crippen molar-refractivity contribution >= 4 is 18.0 Å². The van der Waals surface area contributed by atoms with Gasteiger partial charge in [0.15, 0.2) is 0 Å². The van der Waals surface area contributed by atoms with Crippen LogP contribution >= 0.6 is 0 Å². The van der Waals surface area contributed by atoms with Crippen molar-refractivity contribution in [3.63, 3.8) is 0 Å². The summed E-state index contributed by atoms with van der Waals surface area (Å²) in [7, 11) is 1.44. The highest BCUT2D eigenvalue weighted by molar-refractivity contribution is 5.91. The van der Waals surface area contributed by atoms with Crippen molar-refractivity contribution < 1.29 is 29.0 Å². The van der Waals surface area contributed by atoms with Gasteiger partial charge in [-0.3, -0.25) is 9.59 Å². The van der Waals surface area contributed by atoms with Crippen LogP contribution in [-0.4, -0.2) is 66.9 Å². The van der Waals surface area contributed by atoms with E-state index in [9.17, 15) is 19.5 Å². The molecule has 0 aromatic heterocycles. The minimum absolute atomic E-state index is 0.0635. The quantitative estimate of drug-likeness (QED) is 0.629. The van der Waals surface area contributed by atoms with Crippen molar-refractivity contribution in [2.75, 3.05) is 33.4 Å². The van der Waals surface area contributed by atoms with E-state index in [2.05, 4.69) is 17.4 Å². The first-order valence-electron chi connectivity index (χ1n) is 11.8. The fourth-order valence-corrected chi connectivity index (χ4v) is 5.23. The van der Waals surface area contributed by atoms with E-state index in [1.807, 2.05) is 43.3 Å². The van der Waals surface area contributed by atoms with Crippen LogP contribution in [0.15, 0.2) is 48.5 Å². The standard InChI is InChI=1S/C27H32N2O6/c1-17-13-29(15-26(17,2)24(31)32)23(30)27(3,16-34-4)28-25(33)35-14-22-20-11-7-5-9-18(20)19-10-6-8-12-21(19)22/h5-12,17,22H,13-16H2,1-4H3,(H,28,33)(H,31,32). The average Bonchev–Trinajstić information content (AvgIpc) is 3.32. The number of carbonyl (C=O) groups excluding carboxylic acids is 2. The molecule has 35 heavy (non-hydrogen) atoms.